The summed E-state index contributed by atoms with van der Waals surface area (Å²) >= 11 is 3.59. The molecule has 1 atom stereocenters. The number of ketones is 1. The first-order chi connectivity index (χ1) is 8.61. The van der Waals surface area contributed by atoms with E-state index in [0.29, 0.717) is 0 Å². The van der Waals surface area contributed by atoms with Gasteiger partial charge in [-0.25, -0.2) is 0 Å². The van der Waals surface area contributed by atoms with E-state index in [1.807, 2.05) is 12.1 Å². The summed E-state index contributed by atoms with van der Waals surface area (Å²) in [6.45, 7) is 6.13. The Hall–Kier alpha value is -0.830. The van der Waals surface area contributed by atoms with E-state index in [1.54, 1.807) is 6.92 Å². The predicted molar refractivity (Wildman–Crippen MR) is 79.4 cm³/mol. The number of hydrogen-bond donors (Lipinski definition) is 0. The second-order valence-electron chi connectivity index (χ2n) is 5.11. The van der Waals surface area contributed by atoms with E-state index >= 15 is 0 Å². The van der Waals surface area contributed by atoms with Crippen LogP contribution in [-0.4, -0.2) is 18.9 Å². The normalized spacial score (nSPS) is 19.3. The highest BCUT2D eigenvalue weighted by Crippen LogP contribution is 2.32. The van der Waals surface area contributed by atoms with Gasteiger partial charge in [-0.1, -0.05) is 13.3 Å². The van der Waals surface area contributed by atoms with Crippen molar-refractivity contribution in [3.05, 3.63) is 28.2 Å². The van der Waals surface area contributed by atoms with E-state index in [9.17, 15) is 4.79 Å². The standard InChI is InChI=1S/C15H20BrNO/c1-3-4-12-7-8-17(10-12)15-6-5-13(11(2)18)9-14(15)16/h5-6,9,12H,3-4,7-8,10H2,1-2H3. The summed E-state index contributed by atoms with van der Waals surface area (Å²) in [5.41, 5.74) is 1.99. The Kier molecular flexibility index (Phi) is 4.44. The Morgan fingerprint density at radius 3 is 2.89 bits per heavy atom. The Labute approximate surface area is 117 Å². The molecule has 0 aromatic heterocycles. The maximum atomic E-state index is 11.3. The second kappa shape index (κ2) is 5.87. The number of Topliss-reactive ketones (excluding diaryl/α,β-unsaturated/α-hetero) is 1. The predicted octanol–water partition coefficient (Wildman–Crippen LogP) is 4.28. The molecule has 0 saturated carbocycles. The minimum atomic E-state index is 0.118. The van der Waals surface area contributed by atoms with Crippen molar-refractivity contribution in [3.63, 3.8) is 0 Å². The molecule has 1 fully saturated rings. The molecule has 1 heterocycles. The van der Waals surface area contributed by atoms with Crippen molar-refractivity contribution in [2.75, 3.05) is 18.0 Å². The van der Waals surface area contributed by atoms with Gasteiger partial charge in [-0.2, -0.15) is 0 Å². The molecule has 0 bridgehead atoms. The SMILES string of the molecule is CCCC1CCN(c2ccc(C(C)=O)cc2Br)C1. The van der Waals surface area contributed by atoms with Gasteiger partial charge in [-0.15, -0.1) is 0 Å². The minimum absolute atomic E-state index is 0.118. The second-order valence-corrected chi connectivity index (χ2v) is 5.97. The van der Waals surface area contributed by atoms with E-state index in [0.717, 1.165) is 29.0 Å². The van der Waals surface area contributed by atoms with Crippen molar-refractivity contribution in [3.8, 4) is 0 Å². The molecule has 1 aliphatic heterocycles. The van der Waals surface area contributed by atoms with Gasteiger partial charge in [-0.3, -0.25) is 4.79 Å². The molecule has 3 heteroatoms. The van der Waals surface area contributed by atoms with Crippen LogP contribution in [0.5, 0.6) is 0 Å². The lowest BCUT2D eigenvalue weighted by Gasteiger charge is -2.20. The molecule has 0 N–H and O–H groups in total. The number of nitrogens with zero attached hydrogens (tertiary/aromatic N) is 1. The zero-order valence-corrected chi connectivity index (χ0v) is 12.7. The van der Waals surface area contributed by atoms with Crippen molar-refractivity contribution in [2.45, 2.75) is 33.1 Å². The summed E-state index contributed by atoms with van der Waals surface area (Å²) in [4.78, 5) is 13.8. The van der Waals surface area contributed by atoms with Crippen molar-refractivity contribution in [1.29, 1.82) is 0 Å². The van der Waals surface area contributed by atoms with Crippen molar-refractivity contribution >= 4 is 27.4 Å². The van der Waals surface area contributed by atoms with Crippen LogP contribution in [0.1, 0.15) is 43.5 Å². The largest absolute Gasteiger partial charge is 0.370 e. The van der Waals surface area contributed by atoms with E-state index in [1.165, 1.54) is 24.9 Å². The lowest BCUT2D eigenvalue weighted by Crippen LogP contribution is -2.20. The molecule has 0 aliphatic carbocycles. The summed E-state index contributed by atoms with van der Waals surface area (Å²) < 4.78 is 1.03. The Balaban J connectivity index is 2.12. The lowest BCUT2D eigenvalue weighted by atomic mass is 10.0. The van der Waals surface area contributed by atoms with Crippen LogP contribution in [0, 0.1) is 5.92 Å². The highest BCUT2D eigenvalue weighted by atomic mass is 79.9. The van der Waals surface area contributed by atoms with Gasteiger partial charge >= 0.3 is 0 Å². The maximum absolute atomic E-state index is 11.3. The molecule has 1 unspecified atom stereocenters. The van der Waals surface area contributed by atoms with Gasteiger partial charge in [0.2, 0.25) is 0 Å². The van der Waals surface area contributed by atoms with Gasteiger partial charge in [0.15, 0.2) is 5.78 Å². The number of carbonyl (C=O) groups is 1. The molecule has 1 aromatic rings. The third kappa shape index (κ3) is 2.94. The van der Waals surface area contributed by atoms with Crippen molar-refractivity contribution in [1.82, 2.24) is 0 Å². The molecule has 1 aliphatic rings. The zero-order valence-electron chi connectivity index (χ0n) is 11.1. The third-order valence-electron chi connectivity index (χ3n) is 3.68. The molecule has 0 amide bonds. The number of carbonyl (C=O) groups excluding carboxylic acids is 1. The number of benzene rings is 1. The van der Waals surface area contributed by atoms with E-state index in [-0.39, 0.29) is 5.78 Å². The molecule has 0 spiro atoms. The van der Waals surface area contributed by atoms with E-state index in [4.69, 9.17) is 0 Å². The van der Waals surface area contributed by atoms with Crippen LogP contribution in [0.2, 0.25) is 0 Å². The summed E-state index contributed by atoms with van der Waals surface area (Å²) in [5.74, 6) is 0.946. The molecule has 0 radical (unpaired) electrons. The first-order valence-corrected chi connectivity index (χ1v) is 7.46. The molecule has 98 valence electrons. The lowest BCUT2D eigenvalue weighted by molar-refractivity contribution is 0.101. The third-order valence-corrected chi connectivity index (χ3v) is 4.31. The molecule has 18 heavy (non-hydrogen) atoms. The van der Waals surface area contributed by atoms with Gasteiger partial charge in [-0.05, 0) is 59.8 Å². The maximum Gasteiger partial charge on any atom is 0.159 e. The van der Waals surface area contributed by atoms with Crippen LogP contribution < -0.4 is 4.90 Å². The van der Waals surface area contributed by atoms with Gasteiger partial charge in [0.25, 0.3) is 0 Å². The highest BCUT2D eigenvalue weighted by molar-refractivity contribution is 9.10. The first-order valence-electron chi connectivity index (χ1n) is 6.67. The van der Waals surface area contributed by atoms with Crippen LogP contribution in [-0.2, 0) is 0 Å². The van der Waals surface area contributed by atoms with Crippen LogP contribution in [0.3, 0.4) is 0 Å². The van der Waals surface area contributed by atoms with Gasteiger partial charge in [0, 0.05) is 23.1 Å². The van der Waals surface area contributed by atoms with E-state index < -0.39 is 0 Å². The van der Waals surface area contributed by atoms with E-state index in [2.05, 4.69) is 33.8 Å². The van der Waals surface area contributed by atoms with Gasteiger partial charge in [0.1, 0.15) is 0 Å². The average molecular weight is 310 g/mol. The van der Waals surface area contributed by atoms with Gasteiger partial charge in [0.05, 0.1) is 5.69 Å². The van der Waals surface area contributed by atoms with Crippen LogP contribution in [0.25, 0.3) is 0 Å². The van der Waals surface area contributed by atoms with Crippen LogP contribution in [0.15, 0.2) is 22.7 Å². The fourth-order valence-electron chi connectivity index (χ4n) is 2.68. The van der Waals surface area contributed by atoms with Crippen LogP contribution >= 0.6 is 15.9 Å². The molecular weight excluding hydrogens is 290 g/mol. The number of hydrogen-bond acceptors (Lipinski definition) is 2. The molecule has 2 nitrogen and oxygen atoms in total. The summed E-state index contributed by atoms with van der Waals surface area (Å²) in [7, 11) is 0. The molecule has 1 saturated heterocycles. The Morgan fingerprint density at radius 2 is 2.28 bits per heavy atom. The highest BCUT2D eigenvalue weighted by Gasteiger charge is 2.23. The number of anilines is 1. The number of halogens is 1. The Bertz CT molecular complexity index is 444. The summed E-state index contributed by atoms with van der Waals surface area (Å²) in [6, 6.07) is 5.93. The van der Waals surface area contributed by atoms with Crippen molar-refractivity contribution in [2.24, 2.45) is 5.92 Å². The quantitative estimate of drug-likeness (QED) is 0.774. The summed E-state index contributed by atoms with van der Waals surface area (Å²) in [6.07, 6.45) is 3.87. The smallest absolute Gasteiger partial charge is 0.159 e. The molecular formula is C15H20BrNO. The topological polar surface area (TPSA) is 20.3 Å². The fraction of sp³-hybridized carbons (Fsp3) is 0.533. The minimum Gasteiger partial charge on any atom is -0.370 e. The van der Waals surface area contributed by atoms with Gasteiger partial charge < -0.3 is 4.90 Å². The summed E-state index contributed by atoms with van der Waals surface area (Å²) in [5, 5.41) is 0. The average Bonchev–Trinajstić information content (AvgIpc) is 2.77. The molecule has 2 rings (SSSR count). The zero-order chi connectivity index (χ0) is 13.1. The Morgan fingerprint density at radius 1 is 1.50 bits per heavy atom. The van der Waals surface area contributed by atoms with Crippen LogP contribution in [0.4, 0.5) is 5.69 Å². The number of rotatable bonds is 4. The monoisotopic (exact) mass is 309 g/mol. The van der Waals surface area contributed by atoms with Crippen molar-refractivity contribution < 1.29 is 4.79 Å². The molecule has 1 aromatic carbocycles. The first kappa shape index (κ1) is 13.6. The fourth-order valence-corrected chi connectivity index (χ4v) is 3.31.